The molecule has 1 rings (SSSR count). The SMILES string of the molecule is CC(NC(=O)O)C(=O)NC(C)(C)Cc1ccncc1. The highest BCUT2D eigenvalue weighted by atomic mass is 16.4. The number of nitrogens with one attached hydrogen (secondary N) is 2. The fourth-order valence-corrected chi connectivity index (χ4v) is 1.75. The van der Waals surface area contributed by atoms with Gasteiger partial charge in [-0.15, -0.1) is 0 Å². The molecule has 0 radical (unpaired) electrons. The molecule has 2 amide bonds. The van der Waals surface area contributed by atoms with E-state index in [1.807, 2.05) is 26.0 Å². The molecule has 6 nitrogen and oxygen atoms in total. The summed E-state index contributed by atoms with van der Waals surface area (Å²) < 4.78 is 0. The molecule has 0 fully saturated rings. The molecule has 1 heterocycles. The first-order chi connectivity index (χ1) is 8.80. The van der Waals surface area contributed by atoms with Crippen molar-refractivity contribution in [3.05, 3.63) is 30.1 Å². The van der Waals surface area contributed by atoms with E-state index in [0.29, 0.717) is 6.42 Å². The molecule has 0 spiro atoms. The lowest BCUT2D eigenvalue weighted by Gasteiger charge is -2.28. The van der Waals surface area contributed by atoms with Gasteiger partial charge in [0.15, 0.2) is 0 Å². The minimum absolute atomic E-state index is 0.346. The van der Waals surface area contributed by atoms with Crippen LogP contribution in [0.4, 0.5) is 4.79 Å². The zero-order chi connectivity index (χ0) is 14.5. The molecule has 6 heteroatoms. The summed E-state index contributed by atoms with van der Waals surface area (Å²) in [5.41, 5.74) is 0.589. The Morgan fingerprint density at radius 3 is 2.47 bits per heavy atom. The fourth-order valence-electron chi connectivity index (χ4n) is 1.75. The number of carbonyl (C=O) groups excluding carboxylic acids is 1. The number of carbonyl (C=O) groups is 2. The molecule has 1 aromatic rings. The summed E-state index contributed by atoms with van der Waals surface area (Å²) in [4.78, 5) is 26.2. The van der Waals surface area contributed by atoms with Crippen molar-refractivity contribution in [1.29, 1.82) is 0 Å². The Hall–Kier alpha value is -2.11. The lowest BCUT2D eigenvalue weighted by molar-refractivity contribution is -0.124. The standard InChI is InChI=1S/C13H19N3O3/c1-9(15-12(18)19)11(17)16-13(2,3)8-10-4-6-14-7-5-10/h4-7,9,15H,8H2,1-3H3,(H,16,17)(H,18,19). The van der Waals surface area contributed by atoms with Crippen molar-refractivity contribution in [2.24, 2.45) is 0 Å². The second-order valence-electron chi connectivity index (χ2n) is 5.08. The molecule has 0 aliphatic rings. The van der Waals surface area contributed by atoms with Gasteiger partial charge in [-0.1, -0.05) is 0 Å². The van der Waals surface area contributed by atoms with E-state index >= 15 is 0 Å². The van der Waals surface area contributed by atoms with Crippen LogP contribution in [0.25, 0.3) is 0 Å². The van der Waals surface area contributed by atoms with Crippen LogP contribution in [0.5, 0.6) is 0 Å². The number of hydrogen-bond acceptors (Lipinski definition) is 3. The minimum Gasteiger partial charge on any atom is -0.465 e. The van der Waals surface area contributed by atoms with Crippen molar-refractivity contribution >= 4 is 12.0 Å². The monoisotopic (exact) mass is 265 g/mol. The molecule has 0 aromatic carbocycles. The van der Waals surface area contributed by atoms with Crippen LogP contribution in [0.3, 0.4) is 0 Å². The summed E-state index contributed by atoms with van der Waals surface area (Å²) in [6, 6.07) is 2.98. The van der Waals surface area contributed by atoms with Crippen LogP contribution in [0.2, 0.25) is 0 Å². The summed E-state index contributed by atoms with van der Waals surface area (Å²) in [6.07, 6.45) is 2.82. The third kappa shape index (κ3) is 5.37. The third-order valence-electron chi connectivity index (χ3n) is 2.59. The molecular formula is C13H19N3O3. The molecule has 1 atom stereocenters. The first-order valence-corrected chi connectivity index (χ1v) is 6.00. The molecule has 1 unspecified atom stereocenters. The van der Waals surface area contributed by atoms with Gasteiger partial charge in [-0.05, 0) is 44.9 Å². The van der Waals surface area contributed by atoms with Gasteiger partial charge in [0, 0.05) is 17.9 Å². The predicted octanol–water partition coefficient (Wildman–Crippen LogP) is 1.17. The Morgan fingerprint density at radius 1 is 1.37 bits per heavy atom. The summed E-state index contributed by atoms with van der Waals surface area (Å²) in [7, 11) is 0. The van der Waals surface area contributed by atoms with E-state index in [9.17, 15) is 9.59 Å². The van der Waals surface area contributed by atoms with Gasteiger partial charge in [-0.25, -0.2) is 4.79 Å². The van der Waals surface area contributed by atoms with Gasteiger partial charge in [0.05, 0.1) is 0 Å². The first-order valence-electron chi connectivity index (χ1n) is 6.00. The third-order valence-corrected chi connectivity index (χ3v) is 2.59. The van der Waals surface area contributed by atoms with Gasteiger partial charge >= 0.3 is 6.09 Å². The highest BCUT2D eigenvalue weighted by Crippen LogP contribution is 2.12. The first kappa shape index (κ1) is 14.9. The molecule has 0 saturated heterocycles. The van der Waals surface area contributed by atoms with Crippen molar-refractivity contribution < 1.29 is 14.7 Å². The average molecular weight is 265 g/mol. The summed E-state index contributed by atoms with van der Waals surface area (Å²) in [6.45, 7) is 5.28. The lowest BCUT2D eigenvalue weighted by Crippen LogP contribution is -2.52. The number of amides is 2. The van der Waals surface area contributed by atoms with Crippen molar-refractivity contribution in [3.63, 3.8) is 0 Å². The van der Waals surface area contributed by atoms with Crippen LogP contribution in [0, 0.1) is 0 Å². The Kier molecular flexibility index (Phi) is 4.86. The van der Waals surface area contributed by atoms with Crippen LogP contribution in [-0.2, 0) is 11.2 Å². The molecule has 1 aromatic heterocycles. The van der Waals surface area contributed by atoms with E-state index in [1.165, 1.54) is 6.92 Å². The van der Waals surface area contributed by atoms with Gasteiger partial charge in [0.1, 0.15) is 6.04 Å². The normalized spacial score (nSPS) is 12.6. The topological polar surface area (TPSA) is 91.3 Å². The number of rotatable bonds is 5. The molecule has 0 aliphatic carbocycles. The maximum Gasteiger partial charge on any atom is 0.405 e. The second kappa shape index (κ2) is 6.17. The maximum absolute atomic E-state index is 11.8. The highest BCUT2D eigenvalue weighted by Gasteiger charge is 2.24. The van der Waals surface area contributed by atoms with Gasteiger partial charge in [-0.2, -0.15) is 0 Å². The number of aromatic nitrogens is 1. The number of pyridine rings is 1. The molecular weight excluding hydrogens is 246 g/mol. The summed E-state index contributed by atoms with van der Waals surface area (Å²) >= 11 is 0. The Labute approximate surface area is 112 Å². The van der Waals surface area contributed by atoms with Crippen LogP contribution in [-0.4, -0.2) is 33.7 Å². The van der Waals surface area contributed by atoms with Crippen molar-refractivity contribution in [3.8, 4) is 0 Å². The van der Waals surface area contributed by atoms with Crippen LogP contribution >= 0.6 is 0 Å². The zero-order valence-corrected chi connectivity index (χ0v) is 11.3. The van der Waals surface area contributed by atoms with E-state index in [2.05, 4.69) is 15.6 Å². The van der Waals surface area contributed by atoms with E-state index in [-0.39, 0.29) is 5.91 Å². The quantitative estimate of drug-likeness (QED) is 0.745. The molecule has 0 saturated carbocycles. The number of carboxylic acid groups (broad SMARTS) is 1. The molecule has 104 valence electrons. The van der Waals surface area contributed by atoms with Crippen molar-refractivity contribution in [1.82, 2.24) is 15.6 Å². The van der Waals surface area contributed by atoms with Gasteiger partial charge in [0.2, 0.25) is 5.91 Å². The Balaban J connectivity index is 2.59. The number of nitrogens with zero attached hydrogens (tertiary/aromatic N) is 1. The minimum atomic E-state index is -1.21. The van der Waals surface area contributed by atoms with Crippen LogP contribution in [0.15, 0.2) is 24.5 Å². The molecule has 0 bridgehead atoms. The largest absolute Gasteiger partial charge is 0.465 e. The average Bonchev–Trinajstić information content (AvgIpc) is 2.27. The number of hydrogen-bond donors (Lipinski definition) is 3. The van der Waals surface area contributed by atoms with Crippen molar-refractivity contribution in [2.45, 2.75) is 38.8 Å². The van der Waals surface area contributed by atoms with E-state index < -0.39 is 17.7 Å². The second-order valence-corrected chi connectivity index (χ2v) is 5.08. The van der Waals surface area contributed by atoms with Gasteiger partial charge in [0.25, 0.3) is 0 Å². The highest BCUT2D eigenvalue weighted by molar-refractivity contribution is 5.85. The van der Waals surface area contributed by atoms with Gasteiger partial charge < -0.3 is 15.7 Å². The lowest BCUT2D eigenvalue weighted by atomic mass is 9.95. The van der Waals surface area contributed by atoms with E-state index in [1.54, 1.807) is 12.4 Å². The van der Waals surface area contributed by atoms with Crippen LogP contribution in [0.1, 0.15) is 26.3 Å². The Bertz CT molecular complexity index is 446. The van der Waals surface area contributed by atoms with E-state index in [0.717, 1.165) is 5.56 Å². The van der Waals surface area contributed by atoms with Crippen LogP contribution < -0.4 is 10.6 Å². The molecule has 3 N–H and O–H groups in total. The smallest absolute Gasteiger partial charge is 0.405 e. The predicted molar refractivity (Wildman–Crippen MR) is 70.8 cm³/mol. The summed E-state index contributed by atoms with van der Waals surface area (Å²) in [5, 5.41) is 13.5. The maximum atomic E-state index is 11.8. The Morgan fingerprint density at radius 2 is 1.95 bits per heavy atom. The van der Waals surface area contributed by atoms with E-state index in [4.69, 9.17) is 5.11 Å². The van der Waals surface area contributed by atoms with Crippen molar-refractivity contribution in [2.75, 3.05) is 0 Å². The summed E-state index contributed by atoms with van der Waals surface area (Å²) in [5.74, 6) is -0.346. The fraction of sp³-hybridized carbons (Fsp3) is 0.462. The molecule has 0 aliphatic heterocycles. The zero-order valence-electron chi connectivity index (χ0n) is 11.3. The molecule has 19 heavy (non-hydrogen) atoms. The van der Waals surface area contributed by atoms with Gasteiger partial charge in [-0.3, -0.25) is 9.78 Å².